The van der Waals surface area contributed by atoms with E-state index in [1.165, 1.54) is 16.0 Å². The van der Waals surface area contributed by atoms with Crippen LogP contribution in [-0.4, -0.2) is 61.4 Å². The minimum Gasteiger partial charge on any atom is -0.493 e. The van der Waals surface area contributed by atoms with Crippen LogP contribution in [0.2, 0.25) is 0 Å². The Labute approximate surface area is 252 Å². The number of hydrogen-bond acceptors (Lipinski definition) is 7. The van der Waals surface area contributed by atoms with Crippen LogP contribution in [0.1, 0.15) is 69.5 Å². The summed E-state index contributed by atoms with van der Waals surface area (Å²) in [5, 5.41) is 0. The van der Waals surface area contributed by atoms with Gasteiger partial charge in [0.25, 0.3) is 11.8 Å². The third-order valence-corrected chi connectivity index (χ3v) is 9.43. The number of imide groups is 1. The molecule has 0 aromatic heterocycles. The molecule has 6 rings (SSSR count). The molecule has 0 radical (unpaired) electrons. The smallest absolute Gasteiger partial charge is 0.309 e. The number of benzene rings is 3. The van der Waals surface area contributed by atoms with E-state index < -0.39 is 0 Å². The van der Waals surface area contributed by atoms with Gasteiger partial charge in [0.15, 0.2) is 11.5 Å². The summed E-state index contributed by atoms with van der Waals surface area (Å²) in [7, 11) is 3.31. The van der Waals surface area contributed by atoms with E-state index in [9.17, 15) is 14.4 Å². The molecule has 3 aromatic carbocycles. The largest absolute Gasteiger partial charge is 0.493 e. The number of ether oxygens (including phenoxy) is 3. The highest BCUT2D eigenvalue weighted by Crippen LogP contribution is 2.50. The van der Waals surface area contributed by atoms with Crippen molar-refractivity contribution in [3.63, 3.8) is 0 Å². The fraction of sp³-hybridized carbons (Fsp3) is 0.400. The molecule has 3 aromatic rings. The first-order chi connectivity index (χ1) is 20.9. The maximum Gasteiger partial charge on any atom is 0.309 e. The van der Waals surface area contributed by atoms with Crippen LogP contribution in [0.15, 0.2) is 66.7 Å². The molecular formula is C35H38N2O6. The lowest BCUT2D eigenvalue weighted by Crippen LogP contribution is -2.53. The minimum atomic E-state index is -0.286. The second-order valence-corrected chi connectivity index (χ2v) is 11.7. The van der Waals surface area contributed by atoms with Crippen molar-refractivity contribution in [2.45, 2.75) is 50.7 Å². The highest BCUT2D eigenvalue weighted by atomic mass is 16.5. The van der Waals surface area contributed by atoms with Gasteiger partial charge in [-0.25, -0.2) is 0 Å². The van der Waals surface area contributed by atoms with Crippen molar-refractivity contribution in [1.82, 2.24) is 9.80 Å². The fourth-order valence-electron chi connectivity index (χ4n) is 7.15. The Morgan fingerprint density at radius 2 is 1.49 bits per heavy atom. The molecule has 0 unspecified atom stereocenters. The number of esters is 1. The van der Waals surface area contributed by atoms with Crippen molar-refractivity contribution in [2.24, 2.45) is 5.92 Å². The van der Waals surface area contributed by atoms with E-state index in [2.05, 4.69) is 17.0 Å². The van der Waals surface area contributed by atoms with Gasteiger partial charge in [-0.2, -0.15) is 0 Å². The van der Waals surface area contributed by atoms with Gasteiger partial charge in [-0.3, -0.25) is 24.2 Å². The Bertz CT molecular complexity index is 1480. The normalized spacial score (nSPS) is 21.4. The van der Waals surface area contributed by atoms with Crippen LogP contribution >= 0.6 is 0 Å². The first-order valence-corrected chi connectivity index (χ1v) is 15.1. The topological polar surface area (TPSA) is 85.4 Å². The molecule has 0 bridgehead atoms. The molecule has 1 aliphatic carbocycles. The highest BCUT2D eigenvalue weighted by molar-refractivity contribution is 6.21. The minimum absolute atomic E-state index is 0.140. The molecule has 224 valence electrons. The number of methoxy groups -OCH3 is 2. The van der Waals surface area contributed by atoms with Gasteiger partial charge in [-0.15, -0.1) is 0 Å². The average molecular weight is 583 g/mol. The Hall–Kier alpha value is -4.17. The summed E-state index contributed by atoms with van der Waals surface area (Å²) >= 11 is 0. The van der Waals surface area contributed by atoms with Crippen molar-refractivity contribution in [2.75, 3.05) is 33.9 Å². The lowest BCUT2D eigenvalue weighted by molar-refractivity contribution is -0.152. The number of carbonyl (C=O) groups excluding carboxylic acids is 3. The van der Waals surface area contributed by atoms with E-state index in [-0.39, 0.29) is 35.8 Å². The van der Waals surface area contributed by atoms with Crippen LogP contribution in [0.5, 0.6) is 11.5 Å². The zero-order valence-corrected chi connectivity index (χ0v) is 24.8. The van der Waals surface area contributed by atoms with Crippen LogP contribution in [-0.2, 0) is 28.1 Å². The maximum atomic E-state index is 13.1. The molecule has 2 amide bonds. The van der Waals surface area contributed by atoms with Crippen molar-refractivity contribution in [1.29, 1.82) is 0 Å². The van der Waals surface area contributed by atoms with Gasteiger partial charge in [0, 0.05) is 25.2 Å². The fourth-order valence-corrected chi connectivity index (χ4v) is 7.15. The van der Waals surface area contributed by atoms with Gasteiger partial charge < -0.3 is 14.2 Å². The quantitative estimate of drug-likeness (QED) is 0.248. The first-order valence-electron chi connectivity index (χ1n) is 15.1. The van der Waals surface area contributed by atoms with E-state index in [0.29, 0.717) is 35.6 Å². The Morgan fingerprint density at radius 3 is 2.14 bits per heavy atom. The second kappa shape index (κ2) is 12.2. The number of nitrogens with zero attached hydrogens (tertiary/aromatic N) is 2. The molecule has 1 fully saturated rings. The molecule has 0 atom stereocenters. The zero-order chi connectivity index (χ0) is 30.0. The summed E-state index contributed by atoms with van der Waals surface area (Å²) in [5.41, 5.74) is 4.11. The molecule has 0 N–H and O–H groups in total. The van der Waals surface area contributed by atoms with Crippen LogP contribution < -0.4 is 9.47 Å². The molecule has 8 nitrogen and oxygen atoms in total. The monoisotopic (exact) mass is 582 g/mol. The maximum absolute atomic E-state index is 13.1. The lowest BCUT2D eigenvalue weighted by Gasteiger charge is -2.52. The highest BCUT2D eigenvalue weighted by Gasteiger charge is 2.47. The van der Waals surface area contributed by atoms with Crippen molar-refractivity contribution >= 4 is 17.8 Å². The molecule has 0 saturated heterocycles. The molecule has 2 aliphatic heterocycles. The Kier molecular flexibility index (Phi) is 8.21. The summed E-state index contributed by atoms with van der Waals surface area (Å²) in [4.78, 5) is 42.9. The van der Waals surface area contributed by atoms with Gasteiger partial charge in [0.05, 0.1) is 31.3 Å². The van der Waals surface area contributed by atoms with Crippen LogP contribution in [0, 0.1) is 5.92 Å². The predicted molar refractivity (Wildman–Crippen MR) is 161 cm³/mol. The predicted octanol–water partition coefficient (Wildman–Crippen LogP) is 5.38. The summed E-state index contributed by atoms with van der Waals surface area (Å²) < 4.78 is 17.0. The van der Waals surface area contributed by atoms with Crippen LogP contribution in [0.25, 0.3) is 0 Å². The SMILES string of the molecule is COc1cc2c(cc1OC)C1(CCC(C(=O)OCc3ccccc3)CC1)N(CCCN1C(=O)c3ccccc3C1=O)CC2. The summed E-state index contributed by atoms with van der Waals surface area (Å²) in [5.74, 6) is 0.683. The standard InChI is InChI=1S/C35H38N2O6/c1-41-30-21-26-15-20-36(18-8-19-37-32(38)27-11-6-7-12-28(27)33(37)39)35(29(26)22-31(30)42-2)16-13-25(14-17-35)34(40)43-23-24-9-4-3-5-10-24/h3-7,9-12,21-22,25H,8,13-20,23H2,1-2H3. The summed E-state index contributed by atoms with van der Waals surface area (Å²) in [6.07, 6.45) is 4.55. The molecule has 8 heteroatoms. The third kappa shape index (κ3) is 5.40. The zero-order valence-electron chi connectivity index (χ0n) is 24.8. The molecule has 3 aliphatic rings. The molecule has 1 saturated carbocycles. The van der Waals surface area contributed by atoms with Gasteiger partial charge in [-0.1, -0.05) is 42.5 Å². The number of fused-ring (bicyclic) bond motifs is 3. The van der Waals surface area contributed by atoms with Gasteiger partial charge >= 0.3 is 5.97 Å². The second-order valence-electron chi connectivity index (χ2n) is 11.7. The van der Waals surface area contributed by atoms with E-state index in [1.807, 2.05) is 30.3 Å². The van der Waals surface area contributed by atoms with Gasteiger partial charge in [-0.05, 0) is 79.5 Å². The Balaban J connectivity index is 1.19. The number of rotatable bonds is 9. The van der Waals surface area contributed by atoms with Crippen molar-refractivity contribution < 1.29 is 28.6 Å². The first kappa shape index (κ1) is 28.9. The average Bonchev–Trinajstić information content (AvgIpc) is 3.29. The van der Waals surface area contributed by atoms with Crippen molar-refractivity contribution in [3.05, 3.63) is 94.5 Å². The lowest BCUT2D eigenvalue weighted by atomic mass is 9.68. The molecule has 2 heterocycles. The van der Waals surface area contributed by atoms with Crippen LogP contribution in [0.3, 0.4) is 0 Å². The number of carbonyl (C=O) groups is 3. The van der Waals surface area contributed by atoms with Gasteiger partial charge in [0.2, 0.25) is 0 Å². The van der Waals surface area contributed by atoms with E-state index in [0.717, 1.165) is 50.8 Å². The Morgan fingerprint density at radius 1 is 0.860 bits per heavy atom. The molecule has 1 spiro atoms. The van der Waals surface area contributed by atoms with Gasteiger partial charge in [0.1, 0.15) is 6.61 Å². The summed E-state index contributed by atoms with van der Waals surface area (Å²) in [6.45, 7) is 2.22. The molecule has 43 heavy (non-hydrogen) atoms. The van der Waals surface area contributed by atoms with E-state index in [1.54, 1.807) is 38.5 Å². The number of amides is 2. The van der Waals surface area contributed by atoms with E-state index >= 15 is 0 Å². The number of hydrogen-bond donors (Lipinski definition) is 0. The summed E-state index contributed by atoms with van der Waals surface area (Å²) in [6, 6.07) is 21.0. The van der Waals surface area contributed by atoms with Crippen LogP contribution in [0.4, 0.5) is 0 Å². The van der Waals surface area contributed by atoms with Crippen molar-refractivity contribution in [3.8, 4) is 11.5 Å². The molecular weight excluding hydrogens is 544 g/mol. The third-order valence-electron chi connectivity index (χ3n) is 9.43. The van der Waals surface area contributed by atoms with E-state index in [4.69, 9.17) is 14.2 Å².